The first-order valence-corrected chi connectivity index (χ1v) is 9.96. The maximum atomic E-state index is 9.80. The second kappa shape index (κ2) is 7.76. The molecule has 0 radical (unpaired) electrons. The van der Waals surface area contributed by atoms with Gasteiger partial charge in [0.15, 0.2) is 23.0 Å². The maximum absolute atomic E-state index is 9.80. The van der Waals surface area contributed by atoms with Crippen LogP contribution in [0.15, 0.2) is 40.2 Å². The normalized spacial score (nSPS) is 16.7. The minimum atomic E-state index is -0.454. The van der Waals surface area contributed by atoms with E-state index >= 15 is 0 Å². The van der Waals surface area contributed by atoms with E-state index in [9.17, 15) is 5.26 Å². The predicted octanol–water partition coefficient (Wildman–Crippen LogP) is 4.19. The molecule has 7 nitrogen and oxygen atoms in total. The minimum absolute atomic E-state index is 0.0619. The molecule has 4 rings (SSSR count). The number of ether oxygens (including phenoxy) is 5. The van der Waals surface area contributed by atoms with Crippen molar-refractivity contribution in [2.75, 3.05) is 20.0 Å². The molecule has 0 aliphatic carbocycles. The Bertz CT molecular complexity index is 1040. The van der Waals surface area contributed by atoms with Crippen LogP contribution >= 0.6 is 15.9 Å². The molecule has 0 spiro atoms. The number of nitrogens with zero attached hydrogens (tertiary/aromatic N) is 1. The monoisotopic (exact) mass is 458 g/mol. The first-order valence-electron chi connectivity index (χ1n) is 9.17. The summed E-state index contributed by atoms with van der Waals surface area (Å²) in [5.74, 6) is 2.52. The Morgan fingerprint density at radius 1 is 1.10 bits per heavy atom. The third kappa shape index (κ3) is 3.32. The Hall–Kier alpha value is -3.05. The first-order chi connectivity index (χ1) is 14.1. The van der Waals surface area contributed by atoms with Crippen molar-refractivity contribution < 1.29 is 23.7 Å². The van der Waals surface area contributed by atoms with Gasteiger partial charge in [-0.3, -0.25) is 0 Å². The zero-order chi connectivity index (χ0) is 20.5. The van der Waals surface area contributed by atoms with Crippen molar-refractivity contribution in [1.82, 2.24) is 0 Å². The molecule has 0 aromatic heterocycles. The van der Waals surface area contributed by atoms with Crippen LogP contribution in [0.25, 0.3) is 0 Å². The average Bonchev–Trinajstić information content (AvgIpc) is 3.15. The fourth-order valence-electron chi connectivity index (χ4n) is 3.49. The predicted molar refractivity (Wildman–Crippen MR) is 108 cm³/mol. The summed E-state index contributed by atoms with van der Waals surface area (Å²) in [6, 6.07) is 9.53. The number of hydrogen-bond acceptors (Lipinski definition) is 7. The minimum Gasteiger partial charge on any atom is -0.490 e. The van der Waals surface area contributed by atoms with Crippen LogP contribution < -0.4 is 29.4 Å². The topological polar surface area (TPSA) is 96.0 Å². The number of rotatable bonds is 5. The number of benzene rings is 2. The summed E-state index contributed by atoms with van der Waals surface area (Å²) >= 11 is 3.57. The Labute approximate surface area is 176 Å². The Balaban J connectivity index is 1.90. The summed E-state index contributed by atoms with van der Waals surface area (Å²) < 4.78 is 28.9. The highest BCUT2D eigenvalue weighted by molar-refractivity contribution is 9.10. The van der Waals surface area contributed by atoms with Gasteiger partial charge in [-0.25, -0.2) is 0 Å². The summed E-state index contributed by atoms with van der Waals surface area (Å²) in [5, 5.41) is 9.80. The van der Waals surface area contributed by atoms with Crippen LogP contribution in [0, 0.1) is 11.3 Å². The summed E-state index contributed by atoms with van der Waals surface area (Å²) in [6.07, 6.45) is 0. The zero-order valence-corrected chi connectivity index (χ0v) is 17.5. The van der Waals surface area contributed by atoms with Crippen molar-refractivity contribution in [3.05, 3.63) is 51.3 Å². The van der Waals surface area contributed by atoms with Crippen LogP contribution in [0.5, 0.6) is 28.7 Å². The van der Waals surface area contributed by atoms with Gasteiger partial charge in [-0.15, -0.1) is 0 Å². The smallest absolute Gasteiger partial charge is 0.231 e. The summed E-state index contributed by atoms with van der Waals surface area (Å²) in [4.78, 5) is 0. The molecular formula is C21H19BrN2O5. The van der Waals surface area contributed by atoms with E-state index in [2.05, 4.69) is 22.0 Å². The van der Waals surface area contributed by atoms with Crippen molar-refractivity contribution >= 4 is 15.9 Å². The van der Waals surface area contributed by atoms with Crippen LogP contribution in [0.1, 0.15) is 30.9 Å². The maximum Gasteiger partial charge on any atom is 0.231 e. The second-order valence-corrected chi connectivity index (χ2v) is 7.22. The molecular weight excluding hydrogens is 440 g/mol. The van der Waals surface area contributed by atoms with Crippen LogP contribution in [0.2, 0.25) is 0 Å². The third-order valence-electron chi connectivity index (χ3n) is 4.66. The largest absolute Gasteiger partial charge is 0.490 e. The van der Waals surface area contributed by atoms with E-state index < -0.39 is 5.92 Å². The van der Waals surface area contributed by atoms with Gasteiger partial charge < -0.3 is 29.4 Å². The molecule has 0 saturated carbocycles. The molecule has 0 amide bonds. The number of fused-ring (bicyclic) bond motifs is 2. The molecule has 2 aliphatic heterocycles. The standard InChI is InChI=1S/C21H19BrN2O5/c1-3-25-18-6-11(5-14(22)20(18)26-4-2)19-12-7-16-17(28-10-27-16)8-15(12)29-21(24)13(19)9-23/h5-8,19H,3-4,10,24H2,1-2H3. The van der Waals surface area contributed by atoms with E-state index in [0.717, 1.165) is 15.6 Å². The summed E-state index contributed by atoms with van der Waals surface area (Å²) in [6.45, 7) is 4.92. The van der Waals surface area contributed by atoms with Gasteiger partial charge in [0, 0.05) is 11.6 Å². The quantitative estimate of drug-likeness (QED) is 0.716. The van der Waals surface area contributed by atoms with Crippen molar-refractivity contribution in [3.63, 3.8) is 0 Å². The third-order valence-corrected chi connectivity index (χ3v) is 5.25. The SMILES string of the molecule is CCOc1cc(C2C(C#N)=C(N)Oc3cc4c(cc32)OCO4)cc(Br)c1OCC. The number of halogens is 1. The molecule has 8 heteroatoms. The lowest BCUT2D eigenvalue weighted by molar-refractivity contribution is 0.174. The van der Waals surface area contributed by atoms with Crippen LogP contribution in [0.4, 0.5) is 0 Å². The molecule has 2 N–H and O–H groups in total. The number of allylic oxidation sites excluding steroid dienone is 1. The van der Waals surface area contributed by atoms with Crippen LogP contribution in [0.3, 0.4) is 0 Å². The van der Waals surface area contributed by atoms with E-state index in [1.165, 1.54) is 0 Å². The fourth-order valence-corrected chi connectivity index (χ4v) is 4.07. The highest BCUT2D eigenvalue weighted by Gasteiger charge is 2.34. The van der Waals surface area contributed by atoms with Gasteiger partial charge in [0.2, 0.25) is 12.7 Å². The lowest BCUT2D eigenvalue weighted by atomic mass is 9.83. The molecule has 2 heterocycles. The molecule has 150 valence electrons. The first kappa shape index (κ1) is 19.3. The highest BCUT2D eigenvalue weighted by Crippen LogP contribution is 2.49. The molecule has 1 unspecified atom stereocenters. The van der Waals surface area contributed by atoms with Crippen molar-refractivity contribution in [3.8, 4) is 34.8 Å². The molecule has 2 aliphatic rings. The summed E-state index contributed by atoms with van der Waals surface area (Å²) in [5.41, 5.74) is 7.97. The van der Waals surface area contributed by atoms with Gasteiger partial charge in [0.25, 0.3) is 0 Å². The van der Waals surface area contributed by atoms with Crippen molar-refractivity contribution in [1.29, 1.82) is 5.26 Å². The molecule has 1 atom stereocenters. The Morgan fingerprint density at radius 3 is 2.52 bits per heavy atom. The van der Waals surface area contributed by atoms with Crippen molar-refractivity contribution in [2.24, 2.45) is 5.73 Å². The molecule has 29 heavy (non-hydrogen) atoms. The molecule has 0 bridgehead atoms. The Kier molecular flexibility index (Phi) is 5.16. The van der Waals surface area contributed by atoms with Crippen molar-refractivity contribution in [2.45, 2.75) is 19.8 Å². The fraction of sp³-hybridized carbons (Fsp3) is 0.286. The van der Waals surface area contributed by atoms with Gasteiger partial charge in [0.1, 0.15) is 17.4 Å². The summed E-state index contributed by atoms with van der Waals surface area (Å²) in [7, 11) is 0. The highest BCUT2D eigenvalue weighted by atomic mass is 79.9. The number of hydrogen-bond donors (Lipinski definition) is 1. The van der Waals surface area contributed by atoms with E-state index in [1.807, 2.05) is 32.0 Å². The number of nitriles is 1. The van der Waals surface area contributed by atoms with Crippen LogP contribution in [-0.4, -0.2) is 20.0 Å². The lowest BCUT2D eigenvalue weighted by Crippen LogP contribution is -2.21. The zero-order valence-electron chi connectivity index (χ0n) is 16.0. The second-order valence-electron chi connectivity index (χ2n) is 6.36. The molecule has 0 saturated heterocycles. The Morgan fingerprint density at radius 2 is 1.83 bits per heavy atom. The van der Waals surface area contributed by atoms with E-state index in [4.69, 9.17) is 29.4 Å². The van der Waals surface area contributed by atoms with Gasteiger partial charge in [0.05, 0.1) is 23.6 Å². The van der Waals surface area contributed by atoms with E-state index in [-0.39, 0.29) is 12.7 Å². The molecule has 2 aromatic rings. The average molecular weight is 459 g/mol. The van der Waals surface area contributed by atoms with Gasteiger partial charge in [-0.2, -0.15) is 5.26 Å². The van der Waals surface area contributed by atoms with E-state index in [0.29, 0.717) is 47.5 Å². The molecule has 0 fully saturated rings. The lowest BCUT2D eigenvalue weighted by Gasteiger charge is -2.27. The van der Waals surface area contributed by atoms with Gasteiger partial charge >= 0.3 is 0 Å². The van der Waals surface area contributed by atoms with Gasteiger partial charge in [-0.05, 0) is 53.5 Å². The van der Waals surface area contributed by atoms with Gasteiger partial charge in [-0.1, -0.05) is 0 Å². The van der Waals surface area contributed by atoms with Crippen LogP contribution in [-0.2, 0) is 0 Å². The molecule has 2 aromatic carbocycles. The van der Waals surface area contributed by atoms with E-state index in [1.54, 1.807) is 6.07 Å². The number of nitrogens with two attached hydrogens (primary N) is 1.